The number of hydrogen-bond donors (Lipinski definition) is 0. The lowest BCUT2D eigenvalue weighted by Crippen LogP contribution is -2.16. The van der Waals surface area contributed by atoms with Gasteiger partial charge in [-0.15, -0.1) is 0 Å². The average molecular weight is 288 g/mol. The van der Waals surface area contributed by atoms with E-state index in [-0.39, 0.29) is 11.8 Å². The number of fused-ring (bicyclic) bond motifs is 1. The van der Waals surface area contributed by atoms with Gasteiger partial charge in [0, 0.05) is 12.5 Å². The summed E-state index contributed by atoms with van der Waals surface area (Å²) >= 11 is 1.63. The van der Waals surface area contributed by atoms with E-state index in [1.807, 2.05) is 0 Å². The van der Waals surface area contributed by atoms with Crippen molar-refractivity contribution in [1.82, 2.24) is 4.57 Å². The van der Waals surface area contributed by atoms with Crippen LogP contribution in [-0.4, -0.2) is 10.5 Å². The van der Waals surface area contributed by atoms with Crippen LogP contribution < -0.4 is 4.80 Å². The predicted molar refractivity (Wildman–Crippen MR) is 82.9 cm³/mol. The number of carbonyl (C=O) groups excluding carboxylic acids is 1. The second kappa shape index (κ2) is 5.17. The van der Waals surface area contributed by atoms with Crippen LogP contribution in [0.5, 0.6) is 0 Å². The monoisotopic (exact) mass is 288 g/mol. The normalized spacial score (nSPS) is 16.3. The molecule has 1 aromatic carbocycles. The third-order valence-electron chi connectivity index (χ3n) is 3.82. The zero-order valence-electron chi connectivity index (χ0n) is 12.2. The molecule has 0 unspecified atom stereocenters. The maximum absolute atomic E-state index is 11.9. The summed E-state index contributed by atoms with van der Waals surface area (Å²) in [7, 11) is 0. The van der Waals surface area contributed by atoms with Gasteiger partial charge in [-0.3, -0.25) is 4.79 Å². The van der Waals surface area contributed by atoms with Gasteiger partial charge in [0.2, 0.25) is 0 Å². The largest absolute Gasteiger partial charge is 0.317 e. The first-order valence-corrected chi connectivity index (χ1v) is 8.13. The molecule has 3 nitrogen and oxygen atoms in total. The summed E-state index contributed by atoms with van der Waals surface area (Å²) in [5, 5.41) is 0. The smallest absolute Gasteiger partial charge is 0.251 e. The number of aromatic nitrogens is 1. The van der Waals surface area contributed by atoms with Crippen molar-refractivity contribution < 1.29 is 4.79 Å². The Morgan fingerprint density at radius 2 is 2.20 bits per heavy atom. The molecule has 1 amide bonds. The lowest BCUT2D eigenvalue weighted by molar-refractivity contribution is -0.119. The minimum absolute atomic E-state index is 0.0582. The molecule has 4 heteroatoms. The lowest BCUT2D eigenvalue weighted by atomic mass is 10.0. The van der Waals surface area contributed by atoms with E-state index in [2.05, 4.69) is 48.5 Å². The molecule has 1 aromatic heterocycles. The molecule has 1 fully saturated rings. The number of carbonyl (C=O) groups is 1. The number of hydrogen-bond acceptors (Lipinski definition) is 2. The van der Waals surface area contributed by atoms with Gasteiger partial charge in [-0.25, -0.2) is 0 Å². The molecule has 106 valence electrons. The Kier molecular flexibility index (Phi) is 3.50. The first-order chi connectivity index (χ1) is 9.60. The molecule has 3 rings (SSSR count). The Bertz CT molecular complexity index is 720. The van der Waals surface area contributed by atoms with E-state index < -0.39 is 0 Å². The van der Waals surface area contributed by atoms with Crippen molar-refractivity contribution in [3.05, 3.63) is 28.6 Å². The molecule has 2 aromatic rings. The van der Waals surface area contributed by atoms with Crippen molar-refractivity contribution >= 4 is 27.5 Å². The van der Waals surface area contributed by atoms with Crippen LogP contribution in [0.4, 0.5) is 0 Å². The molecule has 1 saturated carbocycles. The summed E-state index contributed by atoms with van der Waals surface area (Å²) in [6.45, 7) is 7.34. The number of benzene rings is 1. The first-order valence-electron chi connectivity index (χ1n) is 7.32. The van der Waals surface area contributed by atoms with Gasteiger partial charge in [-0.1, -0.05) is 31.3 Å². The van der Waals surface area contributed by atoms with E-state index in [1.165, 1.54) is 15.8 Å². The standard InChI is InChI=1S/C16H20N2OS/c1-4-18-13-8-7-12(10(2)3)9-14(13)20-16(18)17-15(19)11-5-6-11/h7-11H,4-6H2,1-3H3. The summed E-state index contributed by atoms with van der Waals surface area (Å²) in [4.78, 5) is 17.1. The number of aryl methyl sites for hydroxylation is 1. The number of thiazole rings is 1. The second-order valence-electron chi connectivity index (χ2n) is 5.74. The Hall–Kier alpha value is -1.42. The maximum Gasteiger partial charge on any atom is 0.251 e. The van der Waals surface area contributed by atoms with Gasteiger partial charge in [0.25, 0.3) is 5.91 Å². The van der Waals surface area contributed by atoms with Gasteiger partial charge in [-0.05, 0) is 43.4 Å². The van der Waals surface area contributed by atoms with Crippen LogP contribution in [0.3, 0.4) is 0 Å². The topological polar surface area (TPSA) is 34.4 Å². The Morgan fingerprint density at radius 1 is 1.45 bits per heavy atom. The maximum atomic E-state index is 11.9. The third kappa shape index (κ3) is 2.44. The van der Waals surface area contributed by atoms with Crippen molar-refractivity contribution in [2.24, 2.45) is 10.9 Å². The molecule has 1 aliphatic rings. The van der Waals surface area contributed by atoms with Crippen LogP contribution in [0.25, 0.3) is 10.2 Å². The lowest BCUT2D eigenvalue weighted by Gasteiger charge is -2.05. The summed E-state index contributed by atoms with van der Waals surface area (Å²) in [6, 6.07) is 6.57. The third-order valence-corrected chi connectivity index (χ3v) is 4.86. The Balaban J connectivity index is 2.14. The zero-order valence-corrected chi connectivity index (χ0v) is 13.0. The number of nitrogens with zero attached hydrogens (tertiary/aromatic N) is 2. The second-order valence-corrected chi connectivity index (χ2v) is 6.74. The van der Waals surface area contributed by atoms with Crippen molar-refractivity contribution in [1.29, 1.82) is 0 Å². The van der Waals surface area contributed by atoms with E-state index in [0.717, 1.165) is 24.2 Å². The van der Waals surface area contributed by atoms with Crippen LogP contribution >= 0.6 is 11.3 Å². The predicted octanol–water partition coefficient (Wildman–Crippen LogP) is 3.68. The molecule has 0 bridgehead atoms. The Morgan fingerprint density at radius 3 is 2.80 bits per heavy atom. The van der Waals surface area contributed by atoms with Crippen molar-refractivity contribution in [2.45, 2.75) is 46.1 Å². The van der Waals surface area contributed by atoms with Crippen molar-refractivity contribution in [3.63, 3.8) is 0 Å². The van der Waals surface area contributed by atoms with Gasteiger partial charge in [0.05, 0.1) is 10.2 Å². The fourth-order valence-corrected chi connectivity index (χ4v) is 3.50. The molecular weight excluding hydrogens is 268 g/mol. The SMILES string of the molecule is CCn1c(=NC(=O)C2CC2)sc2cc(C(C)C)ccc21. The molecular formula is C16H20N2OS. The van der Waals surface area contributed by atoms with Gasteiger partial charge in [-0.2, -0.15) is 4.99 Å². The van der Waals surface area contributed by atoms with E-state index in [4.69, 9.17) is 0 Å². The van der Waals surface area contributed by atoms with Gasteiger partial charge < -0.3 is 4.57 Å². The summed E-state index contributed by atoms with van der Waals surface area (Å²) in [6.07, 6.45) is 2.02. The molecule has 1 aliphatic carbocycles. The highest BCUT2D eigenvalue weighted by Crippen LogP contribution is 2.30. The average Bonchev–Trinajstić information content (AvgIpc) is 3.20. The molecule has 0 aliphatic heterocycles. The zero-order chi connectivity index (χ0) is 14.3. The summed E-state index contributed by atoms with van der Waals surface area (Å²) in [5.74, 6) is 0.768. The van der Waals surface area contributed by atoms with Crippen LogP contribution in [-0.2, 0) is 11.3 Å². The van der Waals surface area contributed by atoms with E-state index >= 15 is 0 Å². The van der Waals surface area contributed by atoms with Crippen LogP contribution in [0.15, 0.2) is 23.2 Å². The van der Waals surface area contributed by atoms with Crippen molar-refractivity contribution in [3.8, 4) is 0 Å². The molecule has 0 saturated heterocycles. The minimum Gasteiger partial charge on any atom is -0.317 e. The fourth-order valence-electron chi connectivity index (χ4n) is 2.36. The number of rotatable bonds is 3. The molecule has 20 heavy (non-hydrogen) atoms. The minimum atomic E-state index is 0.0582. The molecule has 0 N–H and O–H groups in total. The van der Waals surface area contributed by atoms with Crippen molar-refractivity contribution in [2.75, 3.05) is 0 Å². The molecule has 1 heterocycles. The fraction of sp³-hybridized carbons (Fsp3) is 0.500. The summed E-state index contributed by atoms with van der Waals surface area (Å²) < 4.78 is 3.37. The highest BCUT2D eigenvalue weighted by atomic mass is 32.1. The van der Waals surface area contributed by atoms with Gasteiger partial charge in [0.15, 0.2) is 4.80 Å². The van der Waals surface area contributed by atoms with Crippen LogP contribution in [0, 0.1) is 5.92 Å². The summed E-state index contributed by atoms with van der Waals surface area (Å²) in [5.41, 5.74) is 2.52. The Labute approximate surface area is 123 Å². The van der Waals surface area contributed by atoms with Crippen LogP contribution in [0.1, 0.15) is 45.1 Å². The van der Waals surface area contributed by atoms with Crippen LogP contribution in [0.2, 0.25) is 0 Å². The highest BCUT2D eigenvalue weighted by Gasteiger charge is 2.29. The number of amides is 1. The highest BCUT2D eigenvalue weighted by molar-refractivity contribution is 7.16. The van der Waals surface area contributed by atoms with Gasteiger partial charge in [0.1, 0.15) is 0 Å². The first kappa shape index (κ1) is 13.6. The molecule has 0 atom stereocenters. The van der Waals surface area contributed by atoms with E-state index in [0.29, 0.717) is 5.92 Å². The molecule has 0 radical (unpaired) electrons. The quantitative estimate of drug-likeness (QED) is 0.848. The molecule has 0 spiro atoms. The van der Waals surface area contributed by atoms with Gasteiger partial charge >= 0.3 is 0 Å². The van der Waals surface area contributed by atoms with E-state index in [9.17, 15) is 4.79 Å². The van der Waals surface area contributed by atoms with E-state index in [1.54, 1.807) is 11.3 Å².